The summed E-state index contributed by atoms with van der Waals surface area (Å²) < 4.78 is 0. The van der Waals surface area contributed by atoms with Crippen LogP contribution in [0.5, 0.6) is 0 Å². The van der Waals surface area contributed by atoms with E-state index in [1.165, 1.54) is 64.2 Å². The molecule has 1 aliphatic rings. The predicted octanol–water partition coefficient (Wildman–Crippen LogP) is 5.31. The molecule has 0 N–H and O–H groups in total. The minimum absolute atomic E-state index is 0.268. The quantitative estimate of drug-likeness (QED) is 0.523. The monoisotopic (exact) mass is 235 g/mol. The van der Waals surface area contributed by atoms with Gasteiger partial charge in [0.2, 0.25) is 0 Å². The molecule has 0 saturated heterocycles. The summed E-state index contributed by atoms with van der Waals surface area (Å²) in [6.45, 7) is 4.40. The van der Waals surface area contributed by atoms with Crippen molar-refractivity contribution >= 4 is 0 Å². The molecular weight excluding hydrogens is 206 g/mol. The number of nitriles is 1. The Morgan fingerprint density at radius 2 is 1.76 bits per heavy atom. The SMILES string of the molecule is CCCCCCCC(C(C)C#N)C1CCCC1. The number of rotatable bonds is 8. The van der Waals surface area contributed by atoms with Gasteiger partial charge in [-0.2, -0.15) is 5.26 Å². The molecular formula is C16H29N. The zero-order chi connectivity index (χ0) is 12.5. The lowest BCUT2D eigenvalue weighted by Crippen LogP contribution is -2.19. The second-order valence-electron chi connectivity index (χ2n) is 5.83. The minimum Gasteiger partial charge on any atom is -0.198 e. The van der Waals surface area contributed by atoms with E-state index in [1.807, 2.05) is 0 Å². The zero-order valence-corrected chi connectivity index (χ0v) is 11.8. The summed E-state index contributed by atoms with van der Waals surface area (Å²) in [5.74, 6) is 1.81. The van der Waals surface area contributed by atoms with E-state index in [2.05, 4.69) is 19.9 Å². The first-order valence-electron chi connectivity index (χ1n) is 7.69. The van der Waals surface area contributed by atoms with Gasteiger partial charge in [0.1, 0.15) is 0 Å². The highest BCUT2D eigenvalue weighted by molar-refractivity contribution is 4.89. The zero-order valence-electron chi connectivity index (χ0n) is 11.8. The maximum atomic E-state index is 9.16. The van der Waals surface area contributed by atoms with E-state index in [4.69, 9.17) is 5.26 Å². The summed E-state index contributed by atoms with van der Waals surface area (Å²) in [5, 5.41) is 9.16. The van der Waals surface area contributed by atoms with E-state index >= 15 is 0 Å². The Bertz CT molecular complexity index is 222. The van der Waals surface area contributed by atoms with Gasteiger partial charge in [-0.1, -0.05) is 64.7 Å². The van der Waals surface area contributed by atoms with Gasteiger partial charge >= 0.3 is 0 Å². The first-order valence-corrected chi connectivity index (χ1v) is 7.69. The van der Waals surface area contributed by atoms with Crippen LogP contribution in [0, 0.1) is 29.1 Å². The Balaban J connectivity index is 2.28. The third kappa shape index (κ3) is 5.11. The van der Waals surface area contributed by atoms with Gasteiger partial charge in [0.25, 0.3) is 0 Å². The van der Waals surface area contributed by atoms with Crippen LogP contribution in [0.15, 0.2) is 0 Å². The third-order valence-corrected chi connectivity index (χ3v) is 4.49. The molecule has 0 aromatic rings. The number of unbranched alkanes of at least 4 members (excludes halogenated alkanes) is 4. The molecule has 0 radical (unpaired) electrons. The lowest BCUT2D eigenvalue weighted by atomic mass is 9.78. The second-order valence-corrected chi connectivity index (χ2v) is 5.83. The van der Waals surface area contributed by atoms with Crippen LogP contribution < -0.4 is 0 Å². The Hall–Kier alpha value is -0.510. The summed E-state index contributed by atoms with van der Waals surface area (Å²) >= 11 is 0. The Morgan fingerprint density at radius 1 is 1.12 bits per heavy atom. The van der Waals surface area contributed by atoms with Crippen LogP contribution in [0.25, 0.3) is 0 Å². The van der Waals surface area contributed by atoms with Crippen molar-refractivity contribution in [2.45, 2.75) is 78.1 Å². The van der Waals surface area contributed by atoms with Gasteiger partial charge in [0.05, 0.1) is 6.07 Å². The van der Waals surface area contributed by atoms with Crippen molar-refractivity contribution in [3.63, 3.8) is 0 Å². The van der Waals surface area contributed by atoms with Crippen LogP contribution >= 0.6 is 0 Å². The van der Waals surface area contributed by atoms with Crippen molar-refractivity contribution in [3.8, 4) is 6.07 Å². The molecule has 0 amide bonds. The number of hydrogen-bond donors (Lipinski definition) is 0. The van der Waals surface area contributed by atoms with Gasteiger partial charge in [-0.3, -0.25) is 0 Å². The van der Waals surface area contributed by atoms with Crippen LogP contribution in [0.4, 0.5) is 0 Å². The molecule has 1 rings (SSSR count). The molecule has 98 valence electrons. The maximum absolute atomic E-state index is 9.16. The first-order chi connectivity index (χ1) is 8.29. The molecule has 0 aromatic heterocycles. The standard InChI is InChI=1S/C16H29N/c1-3-4-5-6-7-12-16(14(2)13-17)15-10-8-9-11-15/h14-16H,3-12H2,1-2H3. The van der Waals surface area contributed by atoms with Crippen LogP contribution in [0.2, 0.25) is 0 Å². The lowest BCUT2D eigenvalue weighted by molar-refractivity contribution is 0.257. The Kier molecular flexibility index (Phi) is 7.33. The fourth-order valence-corrected chi connectivity index (χ4v) is 3.36. The van der Waals surface area contributed by atoms with Crippen molar-refractivity contribution in [2.24, 2.45) is 17.8 Å². The van der Waals surface area contributed by atoms with Crippen LogP contribution in [-0.4, -0.2) is 0 Å². The summed E-state index contributed by atoms with van der Waals surface area (Å²) in [6.07, 6.45) is 13.6. The largest absolute Gasteiger partial charge is 0.198 e. The summed E-state index contributed by atoms with van der Waals surface area (Å²) in [7, 11) is 0. The molecule has 2 unspecified atom stereocenters. The molecule has 2 atom stereocenters. The van der Waals surface area contributed by atoms with Crippen LogP contribution in [0.1, 0.15) is 78.1 Å². The second kappa shape index (κ2) is 8.56. The summed E-state index contributed by atoms with van der Waals surface area (Å²) in [5.41, 5.74) is 0. The van der Waals surface area contributed by atoms with Gasteiger partial charge < -0.3 is 0 Å². The van der Waals surface area contributed by atoms with E-state index in [0.717, 1.165) is 5.92 Å². The predicted molar refractivity (Wildman–Crippen MR) is 73.6 cm³/mol. The van der Waals surface area contributed by atoms with Gasteiger partial charge in [-0.05, 0) is 25.2 Å². The molecule has 0 aromatic carbocycles. The molecule has 1 heteroatoms. The molecule has 1 fully saturated rings. The minimum atomic E-state index is 0.268. The molecule has 1 aliphatic carbocycles. The first kappa shape index (κ1) is 14.6. The average Bonchev–Trinajstić information content (AvgIpc) is 2.86. The van der Waals surface area contributed by atoms with E-state index in [1.54, 1.807) is 0 Å². The van der Waals surface area contributed by atoms with Gasteiger partial charge in [-0.15, -0.1) is 0 Å². The fraction of sp³-hybridized carbons (Fsp3) is 0.938. The average molecular weight is 235 g/mol. The molecule has 0 heterocycles. The highest BCUT2D eigenvalue weighted by Gasteiger charge is 2.28. The number of nitrogens with zero attached hydrogens (tertiary/aromatic N) is 1. The normalized spacial score (nSPS) is 20.1. The van der Waals surface area contributed by atoms with E-state index in [-0.39, 0.29) is 5.92 Å². The molecule has 0 aliphatic heterocycles. The molecule has 1 saturated carbocycles. The van der Waals surface area contributed by atoms with Crippen molar-refractivity contribution in [3.05, 3.63) is 0 Å². The van der Waals surface area contributed by atoms with E-state index < -0.39 is 0 Å². The van der Waals surface area contributed by atoms with Crippen molar-refractivity contribution in [1.29, 1.82) is 5.26 Å². The topological polar surface area (TPSA) is 23.8 Å². The Labute approximate surface area is 108 Å². The fourth-order valence-electron chi connectivity index (χ4n) is 3.36. The van der Waals surface area contributed by atoms with Crippen molar-refractivity contribution < 1.29 is 0 Å². The highest BCUT2D eigenvalue weighted by Crippen LogP contribution is 2.38. The van der Waals surface area contributed by atoms with Gasteiger partial charge in [0.15, 0.2) is 0 Å². The van der Waals surface area contributed by atoms with Crippen LogP contribution in [0.3, 0.4) is 0 Å². The van der Waals surface area contributed by atoms with Crippen molar-refractivity contribution in [2.75, 3.05) is 0 Å². The van der Waals surface area contributed by atoms with E-state index in [9.17, 15) is 0 Å². The van der Waals surface area contributed by atoms with Crippen LogP contribution in [-0.2, 0) is 0 Å². The molecule has 1 nitrogen and oxygen atoms in total. The molecule has 17 heavy (non-hydrogen) atoms. The smallest absolute Gasteiger partial charge is 0.0655 e. The maximum Gasteiger partial charge on any atom is 0.0655 e. The highest BCUT2D eigenvalue weighted by atomic mass is 14.4. The third-order valence-electron chi connectivity index (χ3n) is 4.49. The summed E-state index contributed by atoms with van der Waals surface area (Å²) in [6, 6.07) is 2.49. The van der Waals surface area contributed by atoms with Crippen molar-refractivity contribution in [1.82, 2.24) is 0 Å². The van der Waals surface area contributed by atoms with Gasteiger partial charge in [0, 0.05) is 5.92 Å². The Morgan fingerprint density at radius 3 is 2.35 bits per heavy atom. The van der Waals surface area contributed by atoms with Gasteiger partial charge in [-0.25, -0.2) is 0 Å². The number of hydrogen-bond acceptors (Lipinski definition) is 1. The lowest BCUT2D eigenvalue weighted by Gasteiger charge is -2.25. The molecule has 0 spiro atoms. The molecule has 0 bridgehead atoms. The van der Waals surface area contributed by atoms with E-state index in [0.29, 0.717) is 5.92 Å². The summed E-state index contributed by atoms with van der Waals surface area (Å²) in [4.78, 5) is 0.